The van der Waals surface area contributed by atoms with Crippen LogP contribution in [-0.4, -0.2) is 10.8 Å². The Kier molecular flexibility index (Phi) is 4.68. The van der Waals surface area contributed by atoms with Crippen LogP contribution >= 0.6 is 11.6 Å². The van der Waals surface area contributed by atoms with E-state index < -0.39 is 10.8 Å². The summed E-state index contributed by atoms with van der Waals surface area (Å²) in [6.45, 7) is 0. The van der Waals surface area contributed by atoms with Gasteiger partial charge >= 0.3 is 0 Å². The standard InChI is InChI=1S/C15H11ClN2O3/c16-12-5-3-4-11(10-12)8-9-15(19)17-13-6-1-2-7-14(13)18(20)21/h1-10H,(H,17,19). The third kappa shape index (κ3) is 4.15. The van der Waals surface area contributed by atoms with Crippen LogP contribution in [0.4, 0.5) is 11.4 Å². The van der Waals surface area contributed by atoms with E-state index >= 15 is 0 Å². The Balaban J connectivity index is 2.10. The van der Waals surface area contributed by atoms with E-state index in [1.807, 2.05) is 0 Å². The van der Waals surface area contributed by atoms with E-state index in [4.69, 9.17) is 11.6 Å². The number of halogens is 1. The number of anilines is 1. The predicted octanol–water partition coefficient (Wildman–Crippen LogP) is 3.90. The van der Waals surface area contributed by atoms with Gasteiger partial charge in [-0.25, -0.2) is 0 Å². The first kappa shape index (κ1) is 14.7. The number of benzene rings is 2. The number of nitro benzene ring substituents is 1. The van der Waals surface area contributed by atoms with Crippen LogP contribution in [0.3, 0.4) is 0 Å². The number of hydrogen-bond donors (Lipinski definition) is 1. The lowest BCUT2D eigenvalue weighted by atomic mass is 10.2. The summed E-state index contributed by atoms with van der Waals surface area (Å²) in [4.78, 5) is 22.1. The van der Waals surface area contributed by atoms with Gasteiger partial charge in [0.2, 0.25) is 5.91 Å². The van der Waals surface area contributed by atoms with Gasteiger partial charge in [0, 0.05) is 17.2 Å². The molecule has 0 spiro atoms. The van der Waals surface area contributed by atoms with Crippen molar-refractivity contribution in [2.45, 2.75) is 0 Å². The van der Waals surface area contributed by atoms with Gasteiger partial charge in [0.25, 0.3) is 5.69 Å². The average molecular weight is 303 g/mol. The molecule has 1 amide bonds. The van der Waals surface area contributed by atoms with Gasteiger partial charge in [0.15, 0.2) is 0 Å². The molecule has 2 rings (SSSR count). The number of nitrogens with one attached hydrogen (secondary N) is 1. The van der Waals surface area contributed by atoms with Gasteiger partial charge in [-0.1, -0.05) is 35.9 Å². The van der Waals surface area contributed by atoms with Crippen LogP contribution in [0.2, 0.25) is 5.02 Å². The molecule has 0 aliphatic heterocycles. The molecule has 0 bridgehead atoms. The molecule has 0 heterocycles. The zero-order valence-corrected chi connectivity index (χ0v) is 11.6. The van der Waals surface area contributed by atoms with Crippen molar-refractivity contribution in [3.8, 4) is 0 Å². The summed E-state index contributed by atoms with van der Waals surface area (Å²) in [6, 6.07) is 12.9. The molecule has 6 heteroatoms. The highest BCUT2D eigenvalue weighted by molar-refractivity contribution is 6.30. The number of carbonyl (C=O) groups is 1. The molecule has 5 nitrogen and oxygen atoms in total. The summed E-state index contributed by atoms with van der Waals surface area (Å²) in [7, 11) is 0. The molecule has 0 saturated carbocycles. The van der Waals surface area contributed by atoms with Gasteiger partial charge in [-0.05, 0) is 29.8 Å². The monoisotopic (exact) mass is 302 g/mol. The van der Waals surface area contributed by atoms with E-state index in [-0.39, 0.29) is 11.4 Å². The van der Waals surface area contributed by atoms with Crippen LogP contribution < -0.4 is 5.32 Å². The van der Waals surface area contributed by atoms with Crippen LogP contribution in [0.15, 0.2) is 54.6 Å². The predicted molar refractivity (Wildman–Crippen MR) is 82.2 cm³/mol. The molecule has 106 valence electrons. The Morgan fingerprint density at radius 1 is 1.19 bits per heavy atom. The molecule has 21 heavy (non-hydrogen) atoms. The lowest BCUT2D eigenvalue weighted by molar-refractivity contribution is -0.383. The third-order valence-electron chi connectivity index (χ3n) is 2.63. The van der Waals surface area contributed by atoms with E-state index in [1.54, 1.807) is 36.4 Å². The summed E-state index contributed by atoms with van der Waals surface area (Å²) in [5, 5.41) is 13.9. The second-order valence-electron chi connectivity index (χ2n) is 4.15. The van der Waals surface area contributed by atoms with Crippen molar-refractivity contribution in [2.24, 2.45) is 0 Å². The Morgan fingerprint density at radius 2 is 1.95 bits per heavy atom. The lowest BCUT2D eigenvalue weighted by Crippen LogP contribution is -2.09. The van der Waals surface area contributed by atoms with Gasteiger partial charge in [-0.2, -0.15) is 0 Å². The van der Waals surface area contributed by atoms with Crippen molar-refractivity contribution in [1.29, 1.82) is 0 Å². The van der Waals surface area contributed by atoms with Gasteiger partial charge in [-0.15, -0.1) is 0 Å². The fraction of sp³-hybridized carbons (Fsp3) is 0. The van der Waals surface area contributed by atoms with E-state index in [0.29, 0.717) is 5.02 Å². The lowest BCUT2D eigenvalue weighted by Gasteiger charge is -2.02. The Hall–Kier alpha value is -2.66. The molecule has 0 fully saturated rings. The fourth-order valence-corrected chi connectivity index (χ4v) is 1.89. The summed E-state index contributed by atoms with van der Waals surface area (Å²) in [6.07, 6.45) is 2.87. The number of hydrogen-bond acceptors (Lipinski definition) is 3. The highest BCUT2D eigenvalue weighted by atomic mass is 35.5. The topological polar surface area (TPSA) is 72.2 Å². The van der Waals surface area contributed by atoms with E-state index in [9.17, 15) is 14.9 Å². The van der Waals surface area contributed by atoms with E-state index in [2.05, 4.69) is 5.32 Å². The zero-order chi connectivity index (χ0) is 15.2. The molecule has 0 unspecified atom stereocenters. The Bertz CT molecular complexity index is 714. The van der Waals surface area contributed by atoms with Crippen LogP contribution in [-0.2, 0) is 4.79 Å². The summed E-state index contributed by atoms with van der Waals surface area (Å²) >= 11 is 5.84. The third-order valence-corrected chi connectivity index (χ3v) is 2.87. The van der Waals surface area contributed by atoms with Crippen molar-refractivity contribution in [1.82, 2.24) is 0 Å². The number of amides is 1. The quantitative estimate of drug-likeness (QED) is 0.529. The number of para-hydroxylation sites is 2. The highest BCUT2D eigenvalue weighted by Gasteiger charge is 2.13. The van der Waals surface area contributed by atoms with Crippen LogP contribution in [0.5, 0.6) is 0 Å². The maximum atomic E-state index is 11.8. The molecule has 0 aliphatic carbocycles. The number of rotatable bonds is 4. The molecule has 0 radical (unpaired) electrons. The molecular weight excluding hydrogens is 292 g/mol. The molecule has 0 atom stereocenters. The van der Waals surface area contributed by atoms with E-state index in [0.717, 1.165) is 5.56 Å². The first-order chi connectivity index (χ1) is 10.1. The minimum Gasteiger partial charge on any atom is -0.317 e. The minimum absolute atomic E-state index is 0.151. The number of nitrogens with zero attached hydrogens (tertiary/aromatic N) is 1. The molecule has 0 saturated heterocycles. The second kappa shape index (κ2) is 6.67. The summed E-state index contributed by atoms with van der Waals surface area (Å²) in [5.41, 5.74) is 0.769. The normalized spacial score (nSPS) is 10.5. The number of carbonyl (C=O) groups excluding carboxylic acids is 1. The van der Waals surface area contributed by atoms with Crippen LogP contribution in [0.1, 0.15) is 5.56 Å². The molecule has 1 N–H and O–H groups in total. The van der Waals surface area contributed by atoms with Gasteiger partial charge in [0.1, 0.15) is 5.69 Å². The minimum atomic E-state index is -0.545. The molecular formula is C15H11ClN2O3. The van der Waals surface area contributed by atoms with Crippen molar-refractivity contribution < 1.29 is 9.72 Å². The largest absolute Gasteiger partial charge is 0.317 e. The smallest absolute Gasteiger partial charge is 0.292 e. The summed E-state index contributed by atoms with van der Waals surface area (Å²) < 4.78 is 0. The maximum absolute atomic E-state index is 11.8. The number of nitro groups is 1. The average Bonchev–Trinajstić information content (AvgIpc) is 2.45. The molecule has 0 aliphatic rings. The van der Waals surface area contributed by atoms with Crippen molar-refractivity contribution in [2.75, 3.05) is 5.32 Å². The fourth-order valence-electron chi connectivity index (χ4n) is 1.70. The molecule has 2 aromatic carbocycles. The summed E-state index contributed by atoms with van der Waals surface area (Å²) in [5.74, 6) is -0.454. The van der Waals surface area contributed by atoms with E-state index in [1.165, 1.54) is 24.3 Å². The molecule has 0 aromatic heterocycles. The Morgan fingerprint density at radius 3 is 2.67 bits per heavy atom. The second-order valence-corrected chi connectivity index (χ2v) is 4.59. The van der Waals surface area contributed by atoms with Crippen molar-refractivity contribution in [3.05, 3.63) is 75.3 Å². The zero-order valence-electron chi connectivity index (χ0n) is 10.8. The first-order valence-corrected chi connectivity index (χ1v) is 6.42. The van der Waals surface area contributed by atoms with Gasteiger partial charge < -0.3 is 5.32 Å². The van der Waals surface area contributed by atoms with Gasteiger partial charge in [0.05, 0.1) is 4.92 Å². The maximum Gasteiger partial charge on any atom is 0.292 e. The van der Waals surface area contributed by atoms with Crippen LogP contribution in [0, 0.1) is 10.1 Å². The van der Waals surface area contributed by atoms with Crippen LogP contribution in [0.25, 0.3) is 6.08 Å². The Labute approximate surface area is 126 Å². The SMILES string of the molecule is O=C(C=Cc1cccc(Cl)c1)Nc1ccccc1[N+](=O)[O-]. The first-order valence-electron chi connectivity index (χ1n) is 6.04. The highest BCUT2D eigenvalue weighted by Crippen LogP contribution is 2.23. The van der Waals surface area contributed by atoms with Gasteiger partial charge in [-0.3, -0.25) is 14.9 Å². The molecule has 2 aromatic rings. The van der Waals surface area contributed by atoms with Crippen molar-refractivity contribution in [3.63, 3.8) is 0 Å². The van der Waals surface area contributed by atoms with Crippen molar-refractivity contribution >= 4 is 35.0 Å².